The molecule has 19 heavy (non-hydrogen) atoms. The van der Waals surface area contributed by atoms with E-state index >= 15 is 0 Å². The predicted octanol–water partition coefficient (Wildman–Crippen LogP) is 2.95. The van der Waals surface area contributed by atoms with Crippen LogP contribution in [0.5, 0.6) is 0 Å². The number of rotatable bonds is 6. The lowest BCUT2D eigenvalue weighted by atomic mass is 9.48. The zero-order valence-electron chi connectivity index (χ0n) is 12.5. The van der Waals surface area contributed by atoms with Crippen molar-refractivity contribution in [1.82, 2.24) is 5.32 Å². The maximum Gasteiger partial charge on any atom is 0.0394 e. The van der Waals surface area contributed by atoms with E-state index in [0.717, 1.165) is 35.7 Å². The Hall–Kier alpha value is 0.110. The van der Waals surface area contributed by atoms with Crippen LogP contribution in [0.2, 0.25) is 0 Å². The van der Waals surface area contributed by atoms with Gasteiger partial charge >= 0.3 is 0 Å². The van der Waals surface area contributed by atoms with E-state index in [2.05, 4.69) is 19.3 Å². The van der Waals surface area contributed by atoms with E-state index in [4.69, 9.17) is 0 Å². The maximum absolute atomic E-state index is 12.2. The third-order valence-electron chi connectivity index (χ3n) is 5.96. The van der Waals surface area contributed by atoms with Gasteiger partial charge in [-0.25, -0.2) is 0 Å². The molecule has 4 saturated carbocycles. The topological polar surface area (TPSA) is 29.1 Å². The molecule has 0 heterocycles. The number of nitrogens with one attached hydrogen (secondary N) is 1. The van der Waals surface area contributed by atoms with Crippen molar-refractivity contribution in [2.75, 3.05) is 18.6 Å². The van der Waals surface area contributed by atoms with Gasteiger partial charge in [0.2, 0.25) is 0 Å². The molecule has 4 aliphatic rings. The van der Waals surface area contributed by atoms with Crippen LogP contribution in [0.3, 0.4) is 0 Å². The molecule has 4 bridgehead atoms. The fraction of sp³-hybridized carbons (Fsp3) is 1.00. The van der Waals surface area contributed by atoms with E-state index in [0.29, 0.717) is 11.5 Å². The van der Waals surface area contributed by atoms with Gasteiger partial charge in [-0.05, 0) is 75.2 Å². The van der Waals surface area contributed by atoms with E-state index in [9.17, 15) is 4.21 Å². The van der Waals surface area contributed by atoms with Gasteiger partial charge in [0.05, 0.1) is 0 Å². The Bertz CT molecular complexity index is 319. The van der Waals surface area contributed by atoms with Crippen LogP contribution < -0.4 is 5.32 Å². The Morgan fingerprint density at radius 3 is 2.11 bits per heavy atom. The first-order valence-electron chi connectivity index (χ1n) is 8.17. The van der Waals surface area contributed by atoms with Crippen molar-refractivity contribution < 1.29 is 4.21 Å². The van der Waals surface area contributed by atoms with Crippen LogP contribution in [0.25, 0.3) is 0 Å². The summed E-state index contributed by atoms with van der Waals surface area (Å²) in [6.45, 7) is 2.14. The predicted molar refractivity (Wildman–Crippen MR) is 81.6 cm³/mol. The Morgan fingerprint density at radius 2 is 1.68 bits per heavy atom. The quantitative estimate of drug-likeness (QED) is 0.812. The average molecular weight is 283 g/mol. The summed E-state index contributed by atoms with van der Waals surface area (Å²) in [5, 5.41) is 3.56. The third-order valence-corrected chi connectivity index (χ3v) is 7.53. The van der Waals surface area contributed by atoms with Gasteiger partial charge in [0, 0.05) is 28.3 Å². The third kappa shape index (κ3) is 2.65. The molecule has 4 fully saturated rings. The van der Waals surface area contributed by atoms with Gasteiger partial charge in [-0.15, -0.1) is 0 Å². The Kier molecular flexibility index (Phi) is 4.05. The van der Waals surface area contributed by atoms with Crippen molar-refractivity contribution in [2.24, 2.45) is 23.2 Å². The average Bonchev–Trinajstić information content (AvgIpc) is 2.34. The lowest BCUT2D eigenvalue weighted by molar-refractivity contribution is -0.0683. The Balaban J connectivity index is 1.73. The molecule has 2 nitrogen and oxygen atoms in total. The summed E-state index contributed by atoms with van der Waals surface area (Å²) >= 11 is 0. The Labute approximate surface area is 120 Å². The molecule has 0 saturated heterocycles. The molecule has 3 heteroatoms. The van der Waals surface area contributed by atoms with E-state index in [1.54, 1.807) is 0 Å². The summed E-state index contributed by atoms with van der Waals surface area (Å²) in [6.07, 6.45) is 9.76. The van der Waals surface area contributed by atoms with Crippen molar-refractivity contribution in [3.05, 3.63) is 0 Å². The summed E-state index contributed by atoms with van der Waals surface area (Å²) < 4.78 is 12.2. The minimum absolute atomic E-state index is 0.493. The largest absolute Gasteiger partial charge is 0.316 e. The van der Waals surface area contributed by atoms with E-state index in [-0.39, 0.29) is 0 Å². The van der Waals surface area contributed by atoms with Crippen LogP contribution in [0.4, 0.5) is 0 Å². The zero-order chi connectivity index (χ0) is 13.5. The second-order valence-electron chi connectivity index (χ2n) is 7.43. The highest BCUT2D eigenvalue weighted by atomic mass is 32.2. The lowest BCUT2D eigenvalue weighted by Gasteiger charge is -2.59. The first-order chi connectivity index (χ1) is 9.15. The number of hydrogen-bond donors (Lipinski definition) is 1. The lowest BCUT2D eigenvalue weighted by Crippen LogP contribution is -2.57. The maximum atomic E-state index is 12.2. The van der Waals surface area contributed by atoms with Gasteiger partial charge in [0.15, 0.2) is 0 Å². The monoisotopic (exact) mass is 283 g/mol. The molecular formula is C16H29NOS. The molecule has 110 valence electrons. The highest BCUT2D eigenvalue weighted by Crippen LogP contribution is 2.61. The smallest absolute Gasteiger partial charge is 0.0394 e. The van der Waals surface area contributed by atoms with Crippen LogP contribution in [0.1, 0.15) is 51.9 Å². The van der Waals surface area contributed by atoms with Crippen LogP contribution >= 0.6 is 0 Å². The van der Waals surface area contributed by atoms with Crippen molar-refractivity contribution in [3.63, 3.8) is 0 Å². The minimum Gasteiger partial charge on any atom is -0.316 e. The molecule has 0 aromatic carbocycles. The van der Waals surface area contributed by atoms with Gasteiger partial charge in [-0.1, -0.05) is 6.92 Å². The van der Waals surface area contributed by atoms with Crippen LogP contribution in [0.15, 0.2) is 0 Å². The zero-order valence-corrected chi connectivity index (χ0v) is 13.3. The van der Waals surface area contributed by atoms with Crippen molar-refractivity contribution in [3.8, 4) is 0 Å². The summed E-state index contributed by atoms with van der Waals surface area (Å²) in [7, 11) is 1.46. The molecule has 0 aromatic heterocycles. The second kappa shape index (κ2) is 5.48. The number of hydrogen-bond acceptors (Lipinski definition) is 2. The molecule has 2 unspecified atom stereocenters. The standard InChI is InChI=1S/C16H29NOS/c1-3-4-19(18)11-15(17-2)16-8-12-5-13(9-16)7-14(6-12)10-16/h12-15,17H,3-11H2,1-2H3. The molecule has 0 aromatic rings. The van der Waals surface area contributed by atoms with Gasteiger partial charge in [-0.2, -0.15) is 0 Å². The molecule has 1 N–H and O–H groups in total. The normalized spacial score (nSPS) is 43.4. The first-order valence-corrected chi connectivity index (χ1v) is 9.66. The molecular weight excluding hydrogens is 254 g/mol. The molecule has 2 atom stereocenters. The molecule has 4 rings (SSSR count). The second-order valence-corrected chi connectivity index (χ2v) is 9.05. The Morgan fingerprint density at radius 1 is 1.16 bits per heavy atom. The first kappa shape index (κ1) is 14.1. The molecule has 0 radical (unpaired) electrons. The van der Waals surface area contributed by atoms with Crippen molar-refractivity contribution in [2.45, 2.75) is 57.9 Å². The summed E-state index contributed by atoms with van der Waals surface area (Å²) in [6, 6.07) is 0.494. The summed E-state index contributed by atoms with van der Waals surface area (Å²) in [5.41, 5.74) is 0.493. The molecule has 0 aliphatic heterocycles. The highest BCUT2D eigenvalue weighted by molar-refractivity contribution is 7.85. The van der Waals surface area contributed by atoms with Gasteiger partial charge in [0.1, 0.15) is 0 Å². The van der Waals surface area contributed by atoms with Crippen LogP contribution in [-0.2, 0) is 10.8 Å². The van der Waals surface area contributed by atoms with Crippen LogP contribution in [0, 0.1) is 23.2 Å². The van der Waals surface area contributed by atoms with Gasteiger partial charge < -0.3 is 5.32 Å². The molecule has 0 spiro atoms. The van der Waals surface area contributed by atoms with Gasteiger partial charge in [0.25, 0.3) is 0 Å². The van der Waals surface area contributed by atoms with Gasteiger partial charge in [-0.3, -0.25) is 4.21 Å². The summed E-state index contributed by atoms with van der Waals surface area (Å²) in [4.78, 5) is 0. The fourth-order valence-corrected chi connectivity index (χ4v) is 7.18. The summed E-state index contributed by atoms with van der Waals surface area (Å²) in [5.74, 6) is 4.73. The van der Waals surface area contributed by atoms with Crippen molar-refractivity contribution >= 4 is 10.8 Å². The fourth-order valence-electron chi connectivity index (χ4n) is 5.67. The van der Waals surface area contributed by atoms with E-state index in [1.165, 1.54) is 38.5 Å². The minimum atomic E-state index is -0.625. The highest BCUT2D eigenvalue weighted by Gasteiger charge is 2.53. The SMILES string of the molecule is CCCS(=O)CC(NC)C12CC3CC(CC(C3)C1)C2. The van der Waals surface area contributed by atoms with Crippen molar-refractivity contribution in [1.29, 1.82) is 0 Å². The van der Waals surface area contributed by atoms with Crippen LogP contribution in [-0.4, -0.2) is 28.8 Å². The van der Waals surface area contributed by atoms with E-state index < -0.39 is 10.8 Å². The molecule has 0 amide bonds. The molecule has 4 aliphatic carbocycles. The van der Waals surface area contributed by atoms with E-state index in [1.807, 2.05) is 0 Å².